The van der Waals surface area contributed by atoms with Gasteiger partial charge in [0.05, 0.1) is 5.54 Å². The third kappa shape index (κ3) is 3.21. The summed E-state index contributed by atoms with van der Waals surface area (Å²) >= 11 is 0. The molecule has 3 heteroatoms. The van der Waals surface area contributed by atoms with Crippen molar-refractivity contribution in [3.05, 3.63) is 0 Å². The first kappa shape index (κ1) is 14.5. The van der Waals surface area contributed by atoms with Crippen LogP contribution in [-0.4, -0.2) is 28.9 Å². The van der Waals surface area contributed by atoms with Gasteiger partial charge in [0.2, 0.25) is 5.91 Å². The fourth-order valence-electron chi connectivity index (χ4n) is 2.71. The average molecular weight is 240 g/mol. The summed E-state index contributed by atoms with van der Waals surface area (Å²) in [6.07, 6.45) is 7.28. The number of likely N-dealkylation sites (tertiary alicyclic amines) is 1. The summed E-state index contributed by atoms with van der Waals surface area (Å²) in [7, 11) is 0. The van der Waals surface area contributed by atoms with Crippen molar-refractivity contribution in [1.82, 2.24) is 4.90 Å². The van der Waals surface area contributed by atoms with Crippen LogP contribution in [0.5, 0.6) is 0 Å². The molecule has 3 nitrogen and oxygen atoms in total. The summed E-state index contributed by atoms with van der Waals surface area (Å²) < 4.78 is 0. The lowest BCUT2D eigenvalue weighted by atomic mass is 9.91. The Morgan fingerprint density at radius 1 is 1.24 bits per heavy atom. The molecule has 0 spiro atoms. The predicted molar refractivity (Wildman–Crippen MR) is 71.8 cm³/mol. The van der Waals surface area contributed by atoms with Crippen molar-refractivity contribution in [2.45, 2.75) is 77.3 Å². The predicted octanol–water partition coefficient (Wildman–Crippen LogP) is 2.69. The second-order valence-corrected chi connectivity index (χ2v) is 5.27. The smallest absolute Gasteiger partial charge is 0.242 e. The van der Waals surface area contributed by atoms with Crippen LogP contribution in [0.4, 0.5) is 0 Å². The monoisotopic (exact) mass is 240 g/mol. The van der Waals surface area contributed by atoms with Gasteiger partial charge in [-0.15, -0.1) is 0 Å². The van der Waals surface area contributed by atoms with Crippen molar-refractivity contribution in [3.8, 4) is 0 Å². The van der Waals surface area contributed by atoms with E-state index in [4.69, 9.17) is 5.73 Å². The summed E-state index contributed by atoms with van der Waals surface area (Å²) in [6, 6.07) is 0.408. The third-order valence-electron chi connectivity index (χ3n) is 4.30. The topological polar surface area (TPSA) is 46.3 Å². The van der Waals surface area contributed by atoms with Gasteiger partial charge < -0.3 is 10.6 Å². The van der Waals surface area contributed by atoms with E-state index in [0.29, 0.717) is 6.04 Å². The van der Waals surface area contributed by atoms with Crippen LogP contribution in [0.2, 0.25) is 0 Å². The highest BCUT2D eigenvalue weighted by atomic mass is 16.2. The molecule has 0 saturated carbocycles. The molecule has 1 fully saturated rings. The van der Waals surface area contributed by atoms with Gasteiger partial charge in [-0.1, -0.05) is 33.6 Å². The fraction of sp³-hybridized carbons (Fsp3) is 0.929. The first-order valence-corrected chi connectivity index (χ1v) is 7.19. The molecule has 0 aromatic carbocycles. The Bertz CT molecular complexity index is 249. The van der Waals surface area contributed by atoms with Crippen LogP contribution in [-0.2, 0) is 4.79 Å². The van der Waals surface area contributed by atoms with Crippen molar-refractivity contribution in [2.24, 2.45) is 5.73 Å². The quantitative estimate of drug-likeness (QED) is 0.821. The highest BCUT2D eigenvalue weighted by Gasteiger charge is 2.36. The molecule has 1 atom stereocenters. The summed E-state index contributed by atoms with van der Waals surface area (Å²) in [6.45, 7) is 7.10. The molecule has 1 saturated heterocycles. The number of hydrogen-bond donors (Lipinski definition) is 1. The van der Waals surface area contributed by atoms with Crippen molar-refractivity contribution in [2.75, 3.05) is 6.54 Å². The molecule has 0 radical (unpaired) electrons. The SMILES string of the molecule is CCC1CCCCCN1C(=O)C(N)(CC)CC. The molecule has 1 heterocycles. The number of carbonyl (C=O) groups is 1. The molecule has 0 aromatic heterocycles. The maximum Gasteiger partial charge on any atom is 0.242 e. The zero-order valence-electron chi connectivity index (χ0n) is 11.7. The van der Waals surface area contributed by atoms with Crippen molar-refractivity contribution in [3.63, 3.8) is 0 Å². The molecule has 1 unspecified atom stereocenters. The standard InChI is InChI=1S/C14H28N2O/c1-4-12-10-8-7-9-11-16(12)13(17)14(15,5-2)6-3/h12H,4-11,15H2,1-3H3. The lowest BCUT2D eigenvalue weighted by Gasteiger charge is -2.37. The minimum absolute atomic E-state index is 0.177. The maximum atomic E-state index is 12.6. The van der Waals surface area contributed by atoms with E-state index >= 15 is 0 Å². The number of nitrogens with zero attached hydrogens (tertiary/aromatic N) is 1. The number of rotatable bonds is 4. The largest absolute Gasteiger partial charge is 0.338 e. The second-order valence-electron chi connectivity index (χ2n) is 5.27. The van der Waals surface area contributed by atoms with Gasteiger partial charge >= 0.3 is 0 Å². The first-order chi connectivity index (χ1) is 8.09. The van der Waals surface area contributed by atoms with Gasteiger partial charge in [0, 0.05) is 12.6 Å². The molecule has 1 aliphatic heterocycles. The van der Waals surface area contributed by atoms with E-state index in [1.165, 1.54) is 12.8 Å². The summed E-state index contributed by atoms with van der Waals surface area (Å²) in [5.74, 6) is 0.177. The van der Waals surface area contributed by atoms with E-state index in [2.05, 4.69) is 11.8 Å². The molecular weight excluding hydrogens is 212 g/mol. The summed E-state index contributed by atoms with van der Waals surface area (Å²) in [5.41, 5.74) is 5.61. The molecule has 1 aliphatic rings. The highest BCUT2D eigenvalue weighted by molar-refractivity contribution is 5.86. The molecule has 1 rings (SSSR count). The van der Waals surface area contributed by atoms with Crippen LogP contribution in [0.15, 0.2) is 0 Å². The minimum atomic E-state index is -0.641. The fourth-order valence-corrected chi connectivity index (χ4v) is 2.71. The van der Waals surface area contributed by atoms with E-state index in [1.54, 1.807) is 0 Å². The number of hydrogen-bond acceptors (Lipinski definition) is 2. The van der Waals surface area contributed by atoms with E-state index in [9.17, 15) is 4.79 Å². The van der Waals surface area contributed by atoms with Gasteiger partial charge in [-0.2, -0.15) is 0 Å². The van der Waals surface area contributed by atoms with Gasteiger partial charge in [0.15, 0.2) is 0 Å². The van der Waals surface area contributed by atoms with Gasteiger partial charge in [-0.3, -0.25) is 4.79 Å². The van der Waals surface area contributed by atoms with E-state index in [1.807, 2.05) is 13.8 Å². The van der Waals surface area contributed by atoms with Crippen LogP contribution in [0.25, 0.3) is 0 Å². The number of carbonyl (C=O) groups excluding carboxylic acids is 1. The molecule has 0 bridgehead atoms. The summed E-state index contributed by atoms with van der Waals surface area (Å²) in [5, 5.41) is 0. The Hall–Kier alpha value is -0.570. The molecule has 2 N–H and O–H groups in total. The van der Waals surface area contributed by atoms with Crippen LogP contribution in [0, 0.1) is 0 Å². The molecule has 100 valence electrons. The lowest BCUT2D eigenvalue weighted by Crippen LogP contribution is -2.57. The Kier molecular flexibility index (Phi) is 5.44. The van der Waals surface area contributed by atoms with E-state index in [-0.39, 0.29) is 5.91 Å². The van der Waals surface area contributed by atoms with Crippen LogP contribution in [0.3, 0.4) is 0 Å². The number of nitrogens with two attached hydrogens (primary N) is 1. The van der Waals surface area contributed by atoms with Gasteiger partial charge in [0.25, 0.3) is 0 Å². The summed E-state index contributed by atoms with van der Waals surface area (Å²) in [4.78, 5) is 14.7. The zero-order chi connectivity index (χ0) is 12.9. The lowest BCUT2D eigenvalue weighted by molar-refractivity contribution is -0.139. The van der Waals surface area contributed by atoms with Gasteiger partial charge in [-0.05, 0) is 32.1 Å². The number of amides is 1. The zero-order valence-corrected chi connectivity index (χ0v) is 11.7. The molecule has 0 aromatic rings. The van der Waals surface area contributed by atoms with Crippen molar-refractivity contribution in [1.29, 1.82) is 0 Å². The van der Waals surface area contributed by atoms with E-state index < -0.39 is 5.54 Å². The molecule has 17 heavy (non-hydrogen) atoms. The Labute approximate surface area is 106 Å². The van der Waals surface area contributed by atoms with Crippen LogP contribution < -0.4 is 5.73 Å². The second kappa shape index (κ2) is 6.39. The molecule has 0 aliphatic carbocycles. The normalized spacial score (nSPS) is 22.4. The Balaban J connectivity index is 2.83. The first-order valence-electron chi connectivity index (χ1n) is 7.19. The Morgan fingerprint density at radius 2 is 1.88 bits per heavy atom. The Morgan fingerprint density at radius 3 is 2.41 bits per heavy atom. The third-order valence-corrected chi connectivity index (χ3v) is 4.30. The van der Waals surface area contributed by atoms with Crippen LogP contribution in [0.1, 0.15) is 65.7 Å². The van der Waals surface area contributed by atoms with Crippen molar-refractivity contribution >= 4 is 5.91 Å². The highest BCUT2D eigenvalue weighted by Crippen LogP contribution is 2.24. The van der Waals surface area contributed by atoms with Crippen molar-refractivity contribution < 1.29 is 4.79 Å². The minimum Gasteiger partial charge on any atom is -0.338 e. The molecule has 1 amide bonds. The molecular formula is C14H28N2O. The van der Waals surface area contributed by atoms with Crippen LogP contribution >= 0.6 is 0 Å². The van der Waals surface area contributed by atoms with Gasteiger partial charge in [-0.25, -0.2) is 0 Å². The maximum absolute atomic E-state index is 12.6. The van der Waals surface area contributed by atoms with E-state index in [0.717, 1.165) is 38.6 Å². The van der Waals surface area contributed by atoms with Gasteiger partial charge in [0.1, 0.15) is 0 Å². The average Bonchev–Trinajstić information content (AvgIpc) is 2.61.